The van der Waals surface area contributed by atoms with E-state index in [0.717, 1.165) is 5.56 Å². The molecule has 2 saturated heterocycles. The average Bonchev–Trinajstić information content (AvgIpc) is 2.97. The number of amides is 1. The van der Waals surface area contributed by atoms with Crippen LogP contribution in [0.3, 0.4) is 0 Å². The third-order valence-electron chi connectivity index (χ3n) is 4.74. The van der Waals surface area contributed by atoms with Gasteiger partial charge in [-0.1, -0.05) is 54.6 Å². The van der Waals surface area contributed by atoms with Gasteiger partial charge in [-0.2, -0.15) is 0 Å². The van der Waals surface area contributed by atoms with Gasteiger partial charge in [-0.15, -0.1) is 0 Å². The molecule has 0 bridgehead atoms. The van der Waals surface area contributed by atoms with Crippen LogP contribution in [0.15, 0.2) is 66.5 Å². The molecule has 2 heterocycles. The minimum atomic E-state index is -0.882. The van der Waals surface area contributed by atoms with Gasteiger partial charge in [0.2, 0.25) is 5.91 Å². The van der Waals surface area contributed by atoms with Crippen molar-refractivity contribution in [2.24, 2.45) is 5.41 Å². The summed E-state index contributed by atoms with van der Waals surface area (Å²) in [7, 11) is 0. The van der Waals surface area contributed by atoms with Crippen LogP contribution in [-0.4, -0.2) is 29.5 Å². The van der Waals surface area contributed by atoms with Gasteiger partial charge >= 0.3 is 5.97 Å². The summed E-state index contributed by atoms with van der Waals surface area (Å²) in [5.41, 5.74) is 0.0631. The molecule has 2 fully saturated rings. The van der Waals surface area contributed by atoms with Crippen LogP contribution < -0.4 is 0 Å². The summed E-state index contributed by atoms with van der Waals surface area (Å²) in [6.45, 7) is 0.658. The zero-order valence-corrected chi connectivity index (χ0v) is 13.8. The molecule has 2 atom stereocenters. The first-order chi connectivity index (χ1) is 12.2. The molecule has 1 aromatic rings. The van der Waals surface area contributed by atoms with Gasteiger partial charge in [-0.25, -0.2) is 0 Å². The van der Waals surface area contributed by atoms with Crippen molar-refractivity contribution < 1.29 is 19.1 Å². The first-order valence-electron chi connectivity index (χ1n) is 8.40. The number of rotatable bonds is 4. The molecule has 0 radical (unpaired) electrons. The average molecular weight is 337 g/mol. The monoisotopic (exact) mass is 337 g/mol. The number of benzene rings is 1. The lowest BCUT2D eigenvalue weighted by Crippen LogP contribution is -2.48. The summed E-state index contributed by atoms with van der Waals surface area (Å²) in [4.78, 5) is 26.0. The normalized spacial score (nSPS) is 28.5. The maximum absolute atomic E-state index is 12.8. The molecule has 1 amide bonds. The second-order valence-electron chi connectivity index (χ2n) is 6.50. The van der Waals surface area contributed by atoms with Gasteiger partial charge in [0.25, 0.3) is 0 Å². The number of carbonyl (C=O) groups is 2. The zero-order valence-electron chi connectivity index (χ0n) is 13.8. The molecule has 3 aliphatic rings. The Balaban J connectivity index is 1.51. The minimum Gasteiger partial charge on any atom is -0.473 e. The number of ether oxygens (including phenoxy) is 2. The molecule has 0 N–H and O–H groups in total. The van der Waals surface area contributed by atoms with Crippen molar-refractivity contribution in [3.8, 4) is 0 Å². The van der Waals surface area contributed by atoms with Gasteiger partial charge < -0.3 is 9.47 Å². The number of hydrogen-bond donors (Lipinski definition) is 0. The van der Waals surface area contributed by atoms with Crippen molar-refractivity contribution in [2.45, 2.75) is 25.7 Å². The minimum absolute atomic E-state index is 0.0909. The third kappa shape index (κ3) is 2.97. The van der Waals surface area contributed by atoms with Gasteiger partial charge in [0.1, 0.15) is 17.8 Å². The van der Waals surface area contributed by atoms with Gasteiger partial charge in [0, 0.05) is 0 Å². The molecule has 2 unspecified atom stereocenters. The molecule has 2 aliphatic heterocycles. The van der Waals surface area contributed by atoms with E-state index < -0.39 is 5.41 Å². The summed E-state index contributed by atoms with van der Waals surface area (Å²) >= 11 is 0. The van der Waals surface area contributed by atoms with Crippen molar-refractivity contribution in [1.82, 2.24) is 4.90 Å². The predicted octanol–water partition coefficient (Wildman–Crippen LogP) is 2.70. The van der Waals surface area contributed by atoms with E-state index in [2.05, 4.69) is 0 Å². The van der Waals surface area contributed by atoms with Crippen LogP contribution in [0.2, 0.25) is 0 Å². The number of nitrogens with zero attached hydrogens (tertiary/aromatic N) is 1. The van der Waals surface area contributed by atoms with Crippen molar-refractivity contribution in [3.05, 3.63) is 72.0 Å². The van der Waals surface area contributed by atoms with Gasteiger partial charge in [0.15, 0.2) is 6.23 Å². The van der Waals surface area contributed by atoms with Crippen LogP contribution in [0.4, 0.5) is 0 Å². The molecule has 0 aromatic heterocycles. The Kier molecular flexibility index (Phi) is 3.92. The first-order valence-corrected chi connectivity index (χ1v) is 8.40. The van der Waals surface area contributed by atoms with Crippen molar-refractivity contribution in [1.29, 1.82) is 0 Å². The lowest BCUT2D eigenvalue weighted by atomic mass is 9.81. The van der Waals surface area contributed by atoms with E-state index in [0.29, 0.717) is 25.1 Å². The van der Waals surface area contributed by atoms with E-state index in [4.69, 9.17) is 9.47 Å². The number of carbonyl (C=O) groups excluding carboxylic acids is 2. The highest BCUT2D eigenvalue weighted by molar-refractivity contribution is 5.84. The summed E-state index contributed by atoms with van der Waals surface area (Å²) in [5, 5.41) is 0. The number of hydrogen-bond acceptors (Lipinski definition) is 4. The number of β-lactam (4-membered cyclic amide) rings is 1. The fourth-order valence-electron chi connectivity index (χ4n) is 3.28. The Bertz CT molecular complexity index is 780. The molecule has 0 spiro atoms. The molecule has 0 saturated carbocycles. The van der Waals surface area contributed by atoms with Crippen LogP contribution in [-0.2, 0) is 25.7 Å². The smallest absolute Gasteiger partial charge is 0.320 e. The maximum atomic E-state index is 12.8. The molecule has 4 rings (SSSR count). The van der Waals surface area contributed by atoms with E-state index in [1.165, 1.54) is 0 Å². The van der Waals surface area contributed by atoms with E-state index in [-0.39, 0.29) is 24.7 Å². The lowest BCUT2D eigenvalue weighted by Gasteiger charge is -2.30. The van der Waals surface area contributed by atoms with E-state index in [1.54, 1.807) is 4.90 Å². The zero-order chi connectivity index (χ0) is 17.3. The van der Waals surface area contributed by atoms with Crippen LogP contribution in [0, 0.1) is 5.41 Å². The Morgan fingerprint density at radius 1 is 1.32 bits per heavy atom. The SMILES string of the molecule is O=C1CC2OC(=CC3(C(=O)OCc4ccccc4)C=CC=CC3)CN12. The molecule has 1 aromatic carbocycles. The highest BCUT2D eigenvalue weighted by Crippen LogP contribution is 2.37. The van der Waals surface area contributed by atoms with Crippen molar-refractivity contribution in [3.63, 3.8) is 0 Å². The second kappa shape index (κ2) is 6.24. The van der Waals surface area contributed by atoms with Gasteiger partial charge in [-0.3, -0.25) is 14.5 Å². The van der Waals surface area contributed by atoms with Crippen LogP contribution >= 0.6 is 0 Å². The summed E-state index contributed by atoms with van der Waals surface area (Å²) < 4.78 is 11.3. The fraction of sp³-hybridized carbons (Fsp3) is 0.300. The highest BCUT2D eigenvalue weighted by atomic mass is 16.5. The highest BCUT2D eigenvalue weighted by Gasteiger charge is 2.45. The quantitative estimate of drug-likeness (QED) is 0.626. The molecular formula is C20H19NO4. The van der Waals surface area contributed by atoms with E-state index in [1.807, 2.05) is 60.7 Å². The molecule has 5 nitrogen and oxygen atoms in total. The number of esters is 1. The predicted molar refractivity (Wildman–Crippen MR) is 90.9 cm³/mol. The van der Waals surface area contributed by atoms with Crippen LogP contribution in [0.1, 0.15) is 18.4 Å². The van der Waals surface area contributed by atoms with Crippen molar-refractivity contribution >= 4 is 11.9 Å². The molecule has 5 heteroatoms. The Hall–Kier alpha value is -2.82. The Labute approximate surface area is 146 Å². The molecule has 1 aliphatic carbocycles. The first kappa shape index (κ1) is 15.7. The number of allylic oxidation sites excluding steroid dienone is 3. The van der Waals surface area contributed by atoms with E-state index >= 15 is 0 Å². The lowest BCUT2D eigenvalue weighted by molar-refractivity contribution is -0.154. The Morgan fingerprint density at radius 3 is 2.84 bits per heavy atom. The summed E-state index contributed by atoms with van der Waals surface area (Å²) in [6.07, 6.45) is 10.1. The van der Waals surface area contributed by atoms with Gasteiger partial charge in [-0.05, 0) is 18.1 Å². The maximum Gasteiger partial charge on any atom is 0.320 e. The summed E-state index contributed by atoms with van der Waals surface area (Å²) in [5.74, 6) is 0.439. The Morgan fingerprint density at radius 2 is 2.16 bits per heavy atom. The number of fused-ring (bicyclic) bond motifs is 1. The van der Waals surface area contributed by atoms with Crippen LogP contribution in [0.25, 0.3) is 0 Å². The topological polar surface area (TPSA) is 55.8 Å². The standard InChI is InChI=1S/C20H19NO4/c22-17-11-18-21(17)13-16(25-18)12-20(9-5-2-6-10-20)19(23)24-14-15-7-3-1-4-8-15/h1-9,12,18H,10-11,13-14H2. The molecule has 128 valence electrons. The molecule has 25 heavy (non-hydrogen) atoms. The van der Waals surface area contributed by atoms with Gasteiger partial charge in [0.05, 0.1) is 13.0 Å². The van der Waals surface area contributed by atoms with Crippen molar-refractivity contribution in [2.75, 3.05) is 6.54 Å². The third-order valence-corrected chi connectivity index (χ3v) is 4.74. The second-order valence-corrected chi connectivity index (χ2v) is 6.50. The molecular weight excluding hydrogens is 318 g/mol. The van der Waals surface area contributed by atoms with Crippen LogP contribution in [0.5, 0.6) is 0 Å². The fourth-order valence-corrected chi connectivity index (χ4v) is 3.28. The summed E-state index contributed by atoms with van der Waals surface area (Å²) in [6, 6.07) is 9.60. The largest absolute Gasteiger partial charge is 0.473 e. The van der Waals surface area contributed by atoms with E-state index in [9.17, 15) is 9.59 Å².